The molecule has 1 unspecified atom stereocenters. The van der Waals surface area contributed by atoms with Crippen molar-refractivity contribution in [3.8, 4) is 0 Å². The molecule has 0 fully saturated rings. The summed E-state index contributed by atoms with van der Waals surface area (Å²) in [5.74, 6) is -1.02. The number of benzene rings is 1. The Bertz CT molecular complexity index is 565. The summed E-state index contributed by atoms with van der Waals surface area (Å²) in [6, 6.07) is 10.4. The van der Waals surface area contributed by atoms with Crippen LogP contribution in [-0.2, 0) is 6.42 Å². The first-order valence-corrected chi connectivity index (χ1v) is 6.54. The first-order valence-electron chi connectivity index (χ1n) is 5.72. The second-order valence-corrected chi connectivity index (χ2v) is 5.15. The van der Waals surface area contributed by atoms with E-state index in [-0.39, 0.29) is 35.1 Å². The van der Waals surface area contributed by atoms with Gasteiger partial charge in [-0.2, -0.15) is 0 Å². The van der Waals surface area contributed by atoms with Gasteiger partial charge in [0.15, 0.2) is 0 Å². The average Bonchev–Trinajstić information content (AvgIpc) is 2.86. The molecule has 0 aliphatic carbocycles. The van der Waals surface area contributed by atoms with E-state index in [2.05, 4.69) is 0 Å². The van der Waals surface area contributed by atoms with Crippen LogP contribution >= 0.6 is 11.3 Å². The number of thiophene rings is 1. The molecule has 1 aromatic carbocycles. The van der Waals surface area contributed by atoms with Crippen LogP contribution in [0, 0.1) is 0 Å². The van der Waals surface area contributed by atoms with E-state index in [1.807, 2.05) is 19.1 Å². The van der Waals surface area contributed by atoms with Crippen molar-refractivity contribution in [3.63, 3.8) is 0 Å². The number of aliphatic hydroxyl groups excluding tert-OH is 1. The van der Waals surface area contributed by atoms with Gasteiger partial charge in [-0.15, -0.1) is 11.3 Å². The van der Waals surface area contributed by atoms with Gasteiger partial charge in [0, 0.05) is 44.9 Å². The first kappa shape index (κ1) is 16.4. The fraction of sp³-hybridized carbons (Fsp3) is 0.214. The minimum atomic E-state index is -1.02. The molecule has 0 bridgehead atoms. The van der Waals surface area contributed by atoms with Gasteiger partial charge < -0.3 is 10.2 Å². The molecule has 0 saturated carbocycles. The van der Waals surface area contributed by atoms with E-state index >= 15 is 0 Å². The maximum atomic E-state index is 11.1. The summed E-state index contributed by atoms with van der Waals surface area (Å²) < 4.78 is 0. The van der Waals surface area contributed by atoms with Crippen LogP contribution in [0.1, 0.15) is 38.7 Å². The summed E-state index contributed by atoms with van der Waals surface area (Å²) in [7, 11) is 0. The zero-order valence-corrected chi connectivity index (χ0v) is 13.8. The fourth-order valence-electron chi connectivity index (χ4n) is 1.81. The smallest absolute Gasteiger partial charge is 0.336 e. The molecule has 0 amide bonds. The van der Waals surface area contributed by atoms with Gasteiger partial charge in [-0.3, -0.25) is 0 Å². The van der Waals surface area contributed by atoms with Crippen molar-refractivity contribution in [3.05, 3.63) is 57.3 Å². The third-order valence-electron chi connectivity index (χ3n) is 2.79. The third-order valence-corrected chi connectivity index (χ3v) is 4.07. The fourth-order valence-corrected chi connectivity index (χ4v) is 2.77. The monoisotopic (exact) mass is 285 g/mol. The zero-order chi connectivity index (χ0) is 13.1. The predicted molar refractivity (Wildman–Crippen MR) is 76.9 cm³/mol. The molecule has 19 heavy (non-hydrogen) atoms. The number of carboxylic acid groups (broad SMARTS) is 1. The molecule has 0 saturated heterocycles. The number of carboxylic acids is 1. The van der Waals surface area contributed by atoms with Crippen LogP contribution in [0.2, 0.25) is 0 Å². The van der Waals surface area contributed by atoms with Gasteiger partial charge in [-0.05, 0) is 24.6 Å². The van der Waals surface area contributed by atoms with Crippen LogP contribution in [0.25, 0.3) is 0 Å². The minimum Gasteiger partial charge on any atom is -0.478 e. The van der Waals surface area contributed by atoms with Crippen molar-refractivity contribution in [1.29, 1.82) is 0 Å². The molecule has 1 radical (unpaired) electrons. The number of rotatable bonds is 4. The number of hydrogen-bond acceptors (Lipinski definition) is 3. The van der Waals surface area contributed by atoms with E-state index < -0.39 is 12.1 Å². The van der Waals surface area contributed by atoms with Crippen molar-refractivity contribution >= 4 is 46.9 Å². The van der Waals surface area contributed by atoms with E-state index in [1.165, 1.54) is 22.3 Å². The van der Waals surface area contributed by atoms with Crippen LogP contribution in [0.5, 0.6) is 0 Å². The van der Waals surface area contributed by atoms with Gasteiger partial charge >= 0.3 is 5.97 Å². The standard InChI is InChI=1S/C14H14O3S.Na/c1-2-9-7-8-12(18-9)13(15)10-5-3-4-6-11(10)14(16)17;/h3-8,13,15H,2H2,1H3,(H,16,17);. The molecule has 95 valence electrons. The summed E-state index contributed by atoms with van der Waals surface area (Å²) >= 11 is 1.51. The second-order valence-electron chi connectivity index (χ2n) is 3.95. The Hall–Kier alpha value is -0.650. The topological polar surface area (TPSA) is 57.5 Å². The van der Waals surface area contributed by atoms with Gasteiger partial charge in [-0.1, -0.05) is 25.1 Å². The average molecular weight is 285 g/mol. The summed E-state index contributed by atoms with van der Waals surface area (Å²) in [6.45, 7) is 2.05. The van der Waals surface area contributed by atoms with Crippen LogP contribution in [0.4, 0.5) is 0 Å². The molecule has 1 heterocycles. The Morgan fingerprint density at radius 1 is 1.26 bits per heavy atom. The molecule has 2 N–H and O–H groups in total. The molecule has 2 rings (SSSR count). The summed E-state index contributed by atoms with van der Waals surface area (Å²) in [6.07, 6.45) is 0.0421. The zero-order valence-electron chi connectivity index (χ0n) is 11.0. The van der Waals surface area contributed by atoms with E-state index in [0.717, 1.165) is 11.3 Å². The van der Waals surface area contributed by atoms with E-state index in [0.29, 0.717) is 5.56 Å². The van der Waals surface area contributed by atoms with Crippen molar-refractivity contribution in [2.75, 3.05) is 0 Å². The number of hydrogen-bond donors (Lipinski definition) is 2. The molecule has 1 aromatic heterocycles. The summed E-state index contributed by atoms with van der Waals surface area (Å²) in [5, 5.41) is 19.4. The predicted octanol–water partition coefficient (Wildman–Crippen LogP) is 2.71. The second kappa shape index (κ2) is 7.22. The van der Waals surface area contributed by atoms with Gasteiger partial charge in [0.25, 0.3) is 0 Å². The SMILES string of the molecule is CCc1ccc(C(O)c2ccccc2C(=O)O)s1.[Na]. The van der Waals surface area contributed by atoms with Crippen LogP contribution < -0.4 is 0 Å². The number of carbonyl (C=O) groups is 1. The molecular formula is C14H14NaO3S. The van der Waals surface area contributed by atoms with Crippen LogP contribution in [-0.4, -0.2) is 45.7 Å². The molecule has 0 aliphatic heterocycles. The molecular weight excluding hydrogens is 271 g/mol. The number of aryl methyl sites for hydroxylation is 1. The van der Waals surface area contributed by atoms with Crippen LogP contribution in [0.15, 0.2) is 36.4 Å². The quantitative estimate of drug-likeness (QED) is 0.849. The van der Waals surface area contributed by atoms with Gasteiger partial charge in [0.05, 0.1) is 5.56 Å². The Labute approximate surface area is 138 Å². The van der Waals surface area contributed by atoms with Crippen molar-refractivity contribution < 1.29 is 15.0 Å². The van der Waals surface area contributed by atoms with E-state index in [1.54, 1.807) is 18.2 Å². The van der Waals surface area contributed by atoms with Crippen molar-refractivity contribution in [2.24, 2.45) is 0 Å². The maximum absolute atomic E-state index is 11.1. The summed E-state index contributed by atoms with van der Waals surface area (Å²) in [4.78, 5) is 13.1. The van der Waals surface area contributed by atoms with Gasteiger partial charge in [0.2, 0.25) is 0 Å². The Morgan fingerprint density at radius 3 is 2.53 bits per heavy atom. The Balaban J connectivity index is 0.00000180. The van der Waals surface area contributed by atoms with E-state index in [9.17, 15) is 9.90 Å². The van der Waals surface area contributed by atoms with Gasteiger partial charge in [-0.25, -0.2) is 4.79 Å². The molecule has 3 nitrogen and oxygen atoms in total. The molecule has 5 heteroatoms. The van der Waals surface area contributed by atoms with Crippen LogP contribution in [0.3, 0.4) is 0 Å². The van der Waals surface area contributed by atoms with Crippen molar-refractivity contribution in [1.82, 2.24) is 0 Å². The molecule has 2 aromatic rings. The Morgan fingerprint density at radius 2 is 1.95 bits per heavy atom. The van der Waals surface area contributed by atoms with Crippen molar-refractivity contribution in [2.45, 2.75) is 19.4 Å². The normalized spacial score (nSPS) is 11.7. The molecule has 0 aliphatic rings. The Kier molecular flexibility index (Phi) is 6.23. The number of aromatic carboxylic acids is 1. The summed E-state index contributed by atoms with van der Waals surface area (Å²) in [5.41, 5.74) is 0.589. The largest absolute Gasteiger partial charge is 0.478 e. The third kappa shape index (κ3) is 3.68. The molecule has 1 atom stereocenters. The maximum Gasteiger partial charge on any atom is 0.336 e. The van der Waals surface area contributed by atoms with E-state index in [4.69, 9.17) is 5.11 Å². The minimum absolute atomic E-state index is 0. The first-order chi connectivity index (χ1) is 8.63. The molecule has 0 spiro atoms. The number of aliphatic hydroxyl groups is 1. The van der Waals surface area contributed by atoms with Gasteiger partial charge in [0.1, 0.15) is 6.10 Å².